The lowest BCUT2D eigenvalue weighted by Crippen LogP contribution is -2.43. The molecule has 0 radical (unpaired) electrons. The first-order valence-electron chi connectivity index (χ1n) is 8.01. The molecule has 9 heteroatoms. The highest BCUT2D eigenvalue weighted by atomic mass is 32.2. The molecule has 2 aliphatic rings. The quantitative estimate of drug-likeness (QED) is 0.744. The number of nitrogens with zero attached hydrogens (tertiary/aromatic N) is 1. The van der Waals surface area contributed by atoms with Gasteiger partial charge in [-0.2, -0.15) is 8.78 Å². The first-order chi connectivity index (χ1) is 11.4. The first-order valence-corrected chi connectivity index (χ1v) is 9.56. The number of alkyl halides is 2. The van der Waals surface area contributed by atoms with Crippen molar-refractivity contribution in [2.45, 2.75) is 42.1 Å². The van der Waals surface area contributed by atoms with E-state index in [0.717, 1.165) is 38.0 Å². The van der Waals surface area contributed by atoms with E-state index in [1.54, 1.807) is 12.1 Å². The molecule has 2 fully saturated rings. The van der Waals surface area contributed by atoms with E-state index in [-0.39, 0.29) is 11.1 Å². The Morgan fingerprint density at radius 2 is 1.75 bits per heavy atom. The molecule has 2 heterocycles. The predicted molar refractivity (Wildman–Crippen MR) is 87.2 cm³/mol. The zero-order valence-corrected chi connectivity index (χ0v) is 14.0. The summed E-state index contributed by atoms with van der Waals surface area (Å²) in [4.78, 5) is 1.81. The minimum atomic E-state index is -4.53. The molecular formula is C15H22F2N4O2S. The number of nitrogens with one attached hydrogen (secondary N) is 2. The molecule has 6 nitrogen and oxygen atoms in total. The number of halogens is 2. The highest BCUT2D eigenvalue weighted by Crippen LogP contribution is 2.28. The van der Waals surface area contributed by atoms with Crippen molar-refractivity contribution >= 4 is 15.5 Å². The molecule has 1 aromatic rings. The van der Waals surface area contributed by atoms with Crippen LogP contribution in [-0.2, 0) is 9.84 Å². The van der Waals surface area contributed by atoms with E-state index < -0.39 is 15.6 Å². The van der Waals surface area contributed by atoms with Crippen LogP contribution >= 0.6 is 0 Å². The van der Waals surface area contributed by atoms with Gasteiger partial charge in [0, 0.05) is 24.8 Å². The smallest absolute Gasteiger partial charge is 0.341 e. The van der Waals surface area contributed by atoms with Gasteiger partial charge >= 0.3 is 5.76 Å². The van der Waals surface area contributed by atoms with Crippen LogP contribution in [0.3, 0.4) is 0 Å². The summed E-state index contributed by atoms with van der Waals surface area (Å²) in [5, 5.41) is 0. The van der Waals surface area contributed by atoms with Crippen molar-refractivity contribution in [3.63, 3.8) is 0 Å². The summed E-state index contributed by atoms with van der Waals surface area (Å²) in [6.45, 7) is 1.69. The molecule has 0 amide bonds. The van der Waals surface area contributed by atoms with Crippen LogP contribution in [0.4, 0.5) is 14.5 Å². The summed E-state index contributed by atoms with van der Waals surface area (Å²) < 4.78 is 48.0. The normalized spacial score (nSPS) is 26.2. The van der Waals surface area contributed by atoms with Crippen molar-refractivity contribution in [1.82, 2.24) is 10.9 Å². The molecule has 2 aliphatic heterocycles. The van der Waals surface area contributed by atoms with Gasteiger partial charge in [0.05, 0.1) is 11.1 Å². The minimum absolute atomic E-state index is 0.00245. The van der Waals surface area contributed by atoms with Crippen LogP contribution in [0.2, 0.25) is 0 Å². The Labute approximate surface area is 140 Å². The number of anilines is 1. The van der Waals surface area contributed by atoms with Crippen LogP contribution in [-0.4, -0.2) is 39.5 Å². The van der Waals surface area contributed by atoms with Gasteiger partial charge in [-0.15, -0.1) is 0 Å². The second kappa shape index (κ2) is 6.91. The van der Waals surface area contributed by atoms with Gasteiger partial charge in [0.2, 0.25) is 9.84 Å². The van der Waals surface area contributed by atoms with Crippen molar-refractivity contribution in [2.24, 2.45) is 11.7 Å². The molecule has 0 aliphatic carbocycles. The molecule has 0 aromatic heterocycles. The maximum atomic E-state index is 12.6. The molecule has 134 valence electrons. The van der Waals surface area contributed by atoms with Crippen LogP contribution in [0.5, 0.6) is 0 Å². The number of piperidine rings is 1. The minimum Gasteiger partial charge on any atom is -0.372 e. The lowest BCUT2D eigenvalue weighted by atomic mass is 9.88. The van der Waals surface area contributed by atoms with Gasteiger partial charge in [-0.25, -0.2) is 13.8 Å². The predicted octanol–water partition coefficient (Wildman–Crippen LogP) is 1.05. The van der Waals surface area contributed by atoms with Gasteiger partial charge in [0.1, 0.15) is 0 Å². The van der Waals surface area contributed by atoms with Gasteiger partial charge in [-0.05, 0) is 49.4 Å². The summed E-state index contributed by atoms with van der Waals surface area (Å²) in [5.41, 5.74) is 13.0. The Hall–Kier alpha value is -1.29. The van der Waals surface area contributed by atoms with Crippen LogP contribution in [0, 0.1) is 5.92 Å². The van der Waals surface area contributed by atoms with Crippen LogP contribution < -0.4 is 21.5 Å². The molecule has 4 N–H and O–H groups in total. The molecule has 1 aromatic carbocycles. The van der Waals surface area contributed by atoms with E-state index in [2.05, 4.69) is 15.8 Å². The van der Waals surface area contributed by atoms with Crippen LogP contribution in [0.1, 0.15) is 19.3 Å². The lowest BCUT2D eigenvalue weighted by molar-refractivity contribution is 0.234. The van der Waals surface area contributed by atoms with E-state index in [4.69, 9.17) is 5.73 Å². The van der Waals surface area contributed by atoms with Crippen LogP contribution in [0.15, 0.2) is 29.2 Å². The number of benzene rings is 1. The number of hydrazine groups is 1. The monoisotopic (exact) mass is 360 g/mol. The summed E-state index contributed by atoms with van der Waals surface area (Å²) in [6, 6.07) is 6.08. The SMILES string of the molecule is NC1CC(C2CCN(c3ccc(S(=O)(=O)C(F)F)cc3)CC2)NN1. The number of hydrogen-bond acceptors (Lipinski definition) is 6. The molecule has 0 saturated carbocycles. The van der Waals surface area contributed by atoms with E-state index >= 15 is 0 Å². The van der Waals surface area contributed by atoms with Gasteiger partial charge in [-0.3, -0.25) is 5.43 Å². The van der Waals surface area contributed by atoms with Gasteiger partial charge in [0.15, 0.2) is 0 Å². The fourth-order valence-electron chi connectivity index (χ4n) is 3.43. The Kier molecular flexibility index (Phi) is 5.05. The zero-order chi connectivity index (χ0) is 17.3. The van der Waals surface area contributed by atoms with E-state index in [9.17, 15) is 17.2 Å². The van der Waals surface area contributed by atoms with E-state index in [1.807, 2.05) is 0 Å². The number of sulfone groups is 1. The fourth-order valence-corrected chi connectivity index (χ4v) is 4.15. The summed E-state index contributed by atoms with van der Waals surface area (Å²) in [7, 11) is -4.53. The summed E-state index contributed by atoms with van der Waals surface area (Å²) in [5.74, 6) is -2.85. The van der Waals surface area contributed by atoms with Crippen molar-refractivity contribution in [2.75, 3.05) is 18.0 Å². The van der Waals surface area contributed by atoms with Crippen molar-refractivity contribution in [1.29, 1.82) is 0 Å². The molecule has 2 unspecified atom stereocenters. The Balaban J connectivity index is 1.61. The lowest BCUT2D eigenvalue weighted by Gasteiger charge is -2.36. The van der Waals surface area contributed by atoms with Gasteiger partial charge in [-0.1, -0.05) is 0 Å². The molecule has 0 spiro atoms. The van der Waals surface area contributed by atoms with Crippen molar-refractivity contribution in [3.8, 4) is 0 Å². The van der Waals surface area contributed by atoms with E-state index in [0.29, 0.717) is 12.0 Å². The number of hydrogen-bond donors (Lipinski definition) is 3. The second-order valence-electron chi connectivity index (χ2n) is 6.36. The third-order valence-electron chi connectivity index (χ3n) is 4.84. The standard InChI is InChI=1S/C15H22F2N4O2S/c16-15(17)24(22,23)12-3-1-11(2-4-12)21-7-5-10(6-8-21)13-9-14(18)20-19-13/h1-4,10,13-15,19-20H,5-9,18H2. The summed E-state index contributed by atoms with van der Waals surface area (Å²) in [6.07, 6.45) is 2.91. The topological polar surface area (TPSA) is 87.5 Å². The third kappa shape index (κ3) is 3.53. The molecule has 0 bridgehead atoms. The molecule has 24 heavy (non-hydrogen) atoms. The van der Waals surface area contributed by atoms with Crippen molar-refractivity contribution in [3.05, 3.63) is 24.3 Å². The number of rotatable bonds is 4. The maximum Gasteiger partial charge on any atom is 0.341 e. The van der Waals surface area contributed by atoms with E-state index in [1.165, 1.54) is 12.1 Å². The zero-order valence-electron chi connectivity index (χ0n) is 13.2. The number of nitrogens with two attached hydrogens (primary N) is 1. The second-order valence-corrected chi connectivity index (χ2v) is 8.28. The van der Waals surface area contributed by atoms with Gasteiger partial charge < -0.3 is 10.6 Å². The Morgan fingerprint density at radius 1 is 1.12 bits per heavy atom. The average molecular weight is 360 g/mol. The molecule has 2 saturated heterocycles. The maximum absolute atomic E-state index is 12.6. The summed E-state index contributed by atoms with van der Waals surface area (Å²) >= 11 is 0. The highest BCUT2D eigenvalue weighted by molar-refractivity contribution is 7.91. The molecular weight excluding hydrogens is 338 g/mol. The first kappa shape index (κ1) is 17.5. The third-order valence-corrected chi connectivity index (χ3v) is 6.23. The molecule has 2 atom stereocenters. The average Bonchev–Trinajstić information content (AvgIpc) is 3.01. The highest BCUT2D eigenvalue weighted by Gasteiger charge is 2.31. The Bertz CT molecular complexity index is 661. The van der Waals surface area contributed by atoms with Crippen LogP contribution in [0.25, 0.3) is 0 Å². The fraction of sp³-hybridized carbons (Fsp3) is 0.600. The largest absolute Gasteiger partial charge is 0.372 e. The van der Waals surface area contributed by atoms with Crippen molar-refractivity contribution < 1.29 is 17.2 Å². The van der Waals surface area contributed by atoms with Gasteiger partial charge in [0.25, 0.3) is 0 Å². The molecule has 3 rings (SSSR count). The Morgan fingerprint density at radius 3 is 2.25 bits per heavy atom.